The lowest BCUT2D eigenvalue weighted by molar-refractivity contribution is -0.134. The van der Waals surface area contributed by atoms with Crippen molar-refractivity contribution in [1.82, 2.24) is 4.90 Å². The number of carbonyl (C=O) groups is 1. The fraction of sp³-hybridized carbons (Fsp3) is 0.381. The van der Waals surface area contributed by atoms with E-state index in [0.29, 0.717) is 12.5 Å². The standard InChI is InChI=1S/C21H25NO2/c1-3-16(2)19-10-6-7-11-20(19)24-15-21(23)22-13-12-17-8-4-5-9-18(17)14-22/h4-11,16H,3,12-15H2,1-2H3. The smallest absolute Gasteiger partial charge is 0.260 e. The van der Waals surface area contributed by atoms with Crippen molar-refractivity contribution in [2.24, 2.45) is 0 Å². The fourth-order valence-corrected chi connectivity index (χ4v) is 3.18. The summed E-state index contributed by atoms with van der Waals surface area (Å²) in [5.74, 6) is 1.32. The molecule has 0 saturated heterocycles. The summed E-state index contributed by atoms with van der Waals surface area (Å²) >= 11 is 0. The summed E-state index contributed by atoms with van der Waals surface area (Å²) in [4.78, 5) is 14.4. The highest BCUT2D eigenvalue weighted by molar-refractivity contribution is 5.78. The van der Waals surface area contributed by atoms with E-state index in [1.165, 1.54) is 16.7 Å². The molecule has 1 aliphatic rings. The minimum Gasteiger partial charge on any atom is -0.483 e. The molecule has 1 amide bonds. The third-order valence-electron chi connectivity index (χ3n) is 4.90. The molecule has 0 saturated carbocycles. The first-order valence-corrected chi connectivity index (χ1v) is 8.75. The highest BCUT2D eigenvalue weighted by Gasteiger charge is 2.21. The fourth-order valence-electron chi connectivity index (χ4n) is 3.18. The van der Waals surface area contributed by atoms with Crippen LogP contribution in [-0.2, 0) is 17.8 Å². The number of carbonyl (C=O) groups excluding carboxylic acids is 1. The molecule has 1 unspecified atom stereocenters. The van der Waals surface area contributed by atoms with Crippen molar-refractivity contribution in [3.8, 4) is 5.75 Å². The molecular formula is C21H25NO2. The lowest BCUT2D eigenvalue weighted by Crippen LogP contribution is -2.38. The summed E-state index contributed by atoms with van der Waals surface area (Å²) < 4.78 is 5.87. The van der Waals surface area contributed by atoms with Crippen LogP contribution in [0.4, 0.5) is 0 Å². The number of ether oxygens (including phenoxy) is 1. The van der Waals surface area contributed by atoms with E-state index in [1.807, 2.05) is 29.2 Å². The predicted octanol–water partition coefficient (Wildman–Crippen LogP) is 4.16. The van der Waals surface area contributed by atoms with Gasteiger partial charge in [-0.05, 0) is 41.5 Å². The molecule has 126 valence electrons. The molecule has 0 radical (unpaired) electrons. The molecule has 0 spiro atoms. The summed E-state index contributed by atoms with van der Waals surface area (Å²) in [6.07, 6.45) is 1.97. The molecule has 0 bridgehead atoms. The largest absolute Gasteiger partial charge is 0.483 e. The SMILES string of the molecule is CCC(C)c1ccccc1OCC(=O)N1CCc2ccccc2C1. The Morgan fingerprint density at radius 3 is 2.62 bits per heavy atom. The summed E-state index contributed by atoms with van der Waals surface area (Å²) in [5.41, 5.74) is 3.78. The van der Waals surface area contributed by atoms with Crippen LogP contribution in [0.3, 0.4) is 0 Å². The van der Waals surface area contributed by atoms with Crippen molar-refractivity contribution >= 4 is 5.91 Å². The van der Waals surface area contributed by atoms with Gasteiger partial charge in [-0.25, -0.2) is 0 Å². The Bertz CT molecular complexity index is 710. The van der Waals surface area contributed by atoms with E-state index < -0.39 is 0 Å². The number of hydrogen-bond donors (Lipinski definition) is 0. The lowest BCUT2D eigenvalue weighted by Gasteiger charge is -2.29. The Morgan fingerprint density at radius 1 is 1.12 bits per heavy atom. The average molecular weight is 323 g/mol. The maximum atomic E-state index is 12.5. The van der Waals surface area contributed by atoms with E-state index in [4.69, 9.17) is 4.74 Å². The van der Waals surface area contributed by atoms with E-state index >= 15 is 0 Å². The van der Waals surface area contributed by atoms with E-state index in [-0.39, 0.29) is 12.5 Å². The molecule has 1 aliphatic heterocycles. The monoisotopic (exact) mass is 323 g/mol. The highest BCUT2D eigenvalue weighted by Crippen LogP contribution is 2.28. The van der Waals surface area contributed by atoms with Gasteiger partial charge in [-0.1, -0.05) is 56.3 Å². The van der Waals surface area contributed by atoms with E-state index in [1.54, 1.807) is 0 Å². The molecule has 2 aromatic rings. The van der Waals surface area contributed by atoms with Crippen molar-refractivity contribution in [2.75, 3.05) is 13.2 Å². The number of amides is 1. The molecule has 3 nitrogen and oxygen atoms in total. The first-order chi connectivity index (χ1) is 11.7. The van der Waals surface area contributed by atoms with Gasteiger partial charge in [0.2, 0.25) is 0 Å². The maximum Gasteiger partial charge on any atom is 0.260 e. The van der Waals surface area contributed by atoms with E-state index in [0.717, 1.165) is 25.1 Å². The van der Waals surface area contributed by atoms with Crippen molar-refractivity contribution in [1.29, 1.82) is 0 Å². The molecule has 3 rings (SSSR count). The summed E-state index contributed by atoms with van der Waals surface area (Å²) in [6.45, 7) is 5.91. The predicted molar refractivity (Wildman–Crippen MR) is 96.2 cm³/mol. The molecule has 1 heterocycles. The highest BCUT2D eigenvalue weighted by atomic mass is 16.5. The van der Waals surface area contributed by atoms with Gasteiger partial charge >= 0.3 is 0 Å². The van der Waals surface area contributed by atoms with Crippen LogP contribution in [0.25, 0.3) is 0 Å². The van der Waals surface area contributed by atoms with E-state index in [2.05, 4.69) is 38.1 Å². The quantitative estimate of drug-likeness (QED) is 0.827. The summed E-state index contributed by atoms with van der Waals surface area (Å²) in [5, 5.41) is 0. The van der Waals surface area contributed by atoms with Gasteiger partial charge < -0.3 is 9.64 Å². The zero-order valence-corrected chi connectivity index (χ0v) is 14.5. The van der Waals surface area contributed by atoms with Crippen molar-refractivity contribution in [3.63, 3.8) is 0 Å². The topological polar surface area (TPSA) is 29.5 Å². The molecule has 0 aliphatic carbocycles. The average Bonchev–Trinajstić information content (AvgIpc) is 2.65. The second-order valence-electron chi connectivity index (χ2n) is 6.47. The van der Waals surface area contributed by atoms with E-state index in [9.17, 15) is 4.79 Å². The van der Waals surface area contributed by atoms with Gasteiger partial charge in [0.05, 0.1) is 0 Å². The van der Waals surface area contributed by atoms with Crippen LogP contribution in [0.15, 0.2) is 48.5 Å². The van der Waals surface area contributed by atoms with Crippen molar-refractivity contribution in [3.05, 3.63) is 65.2 Å². The number of rotatable bonds is 5. The van der Waals surface area contributed by atoms with Gasteiger partial charge in [0.15, 0.2) is 6.61 Å². The number of nitrogens with zero attached hydrogens (tertiary/aromatic N) is 1. The van der Waals surface area contributed by atoms with Crippen LogP contribution >= 0.6 is 0 Å². The Morgan fingerprint density at radius 2 is 1.83 bits per heavy atom. The minimum absolute atomic E-state index is 0.0588. The molecule has 24 heavy (non-hydrogen) atoms. The normalized spacial score (nSPS) is 14.8. The Balaban J connectivity index is 1.63. The molecule has 2 aromatic carbocycles. The van der Waals surface area contributed by atoms with Crippen LogP contribution in [0.5, 0.6) is 5.75 Å². The third kappa shape index (κ3) is 3.61. The minimum atomic E-state index is 0.0588. The van der Waals surface area contributed by atoms with Gasteiger partial charge in [-0.3, -0.25) is 4.79 Å². The number of fused-ring (bicyclic) bond motifs is 1. The Hall–Kier alpha value is -2.29. The third-order valence-corrected chi connectivity index (χ3v) is 4.90. The van der Waals surface area contributed by atoms with Crippen LogP contribution in [0.2, 0.25) is 0 Å². The molecule has 3 heteroatoms. The van der Waals surface area contributed by atoms with Gasteiger partial charge in [-0.2, -0.15) is 0 Å². The van der Waals surface area contributed by atoms with Gasteiger partial charge in [0, 0.05) is 13.1 Å². The molecule has 0 fully saturated rings. The first-order valence-electron chi connectivity index (χ1n) is 8.75. The number of benzene rings is 2. The molecule has 0 aromatic heterocycles. The summed E-state index contributed by atoms with van der Waals surface area (Å²) in [6, 6.07) is 16.4. The first kappa shape index (κ1) is 16.6. The molecular weight excluding hydrogens is 298 g/mol. The van der Waals surface area contributed by atoms with Crippen LogP contribution < -0.4 is 4.74 Å². The van der Waals surface area contributed by atoms with Crippen LogP contribution in [0.1, 0.15) is 42.9 Å². The second-order valence-corrected chi connectivity index (χ2v) is 6.47. The second kappa shape index (κ2) is 7.52. The molecule has 0 N–H and O–H groups in total. The van der Waals surface area contributed by atoms with Gasteiger partial charge in [0.1, 0.15) is 5.75 Å². The number of hydrogen-bond acceptors (Lipinski definition) is 2. The Kier molecular flexibility index (Phi) is 5.19. The van der Waals surface area contributed by atoms with Gasteiger partial charge in [0.25, 0.3) is 5.91 Å². The van der Waals surface area contributed by atoms with Crippen molar-refractivity contribution in [2.45, 2.75) is 39.2 Å². The molecule has 1 atom stereocenters. The van der Waals surface area contributed by atoms with Crippen molar-refractivity contribution < 1.29 is 9.53 Å². The van der Waals surface area contributed by atoms with Gasteiger partial charge in [-0.15, -0.1) is 0 Å². The number of para-hydroxylation sites is 1. The van der Waals surface area contributed by atoms with Crippen LogP contribution in [0, 0.1) is 0 Å². The Labute approximate surface area is 144 Å². The zero-order valence-electron chi connectivity index (χ0n) is 14.5. The van der Waals surface area contributed by atoms with Crippen LogP contribution in [-0.4, -0.2) is 24.0 Å². The zero-order chi connectivity index (χ0) is 16.9. The lowest BCUT2D eigenvalue weighted by atomic mass is 9.98. The maximum absolute atomic E-state index is 12.5. The summed E-state index contributed by atoms with van der Waals surface area (Å²) in [7, 11) is 0.